The number of nitrogens with zero attached hydrogens (tertiary/aromatic N) is 3. The quantitative estimate of drug-likeness (QED) is 0.666. The highest BCUT2D eigenvalue weighted by atomic mass is 35.5. The van der Waals surface area contributed by atoms with Gasteiger partial charge in [0.2, 0.25) is 5.91 Å². The third-order valence-corrected chi connectivity index (χ3v) is 4.94. The molecule has 1 saturated heterocycles. The van der Waals surface area contributed by atoms with Crippen LogP contribution in [0.3, 0.4) is 0 Å². The summed E-state index contributed by atoms with van der Waals surface area (Å²) in [6.07, 6.45) is 3.19. The lowest BCUT2D eigenvalue weighted by atomic mass is 10.0. The lowest BCUT2D eigenvalue weighted by Gasteiger charge is -2.38. The number of carbonyl (C=O) groups is 1. The highest BCUT2D eigenvalue weighted by Gasteiger charge is 2.46. The van der Waals surface area contributed by atoms with Crippen LogP contribution in [0, 0.1) is 12.7 Å². The summed E-state index contributed by atoms with van der Waals surface area (Å²) in [4.78, 5) is 17.7. The number of hydrogen-bond donors (Lipinski definition) is 0. The molecule has 0 N–H and O–H groups in total. The largest absolute Gasteiger partial charge is 0.335 e. The second-order valence-electron chi connectivity index (χ2n) is 6.77. The molecule has 140 valence electrons. The fourth-order valence-corrected chi connectivity index (χ4v) is 3.43. The molecule has 0 spiro atoms. The molecule has 0 radical (unpaired) electrons. The van der Waals surface area contributed by atoms with Gasteiger partial charge in [-0.05, 0) is 36.2 Å². The van der Waals surface area contributed by atoms with Crippen molar-refractivity contribution in [3.8, 4) is 11.1 Å². The van der Waals surface area contributed by atoms with Crippen molar-refractivity contribution >= 4 is 28.5 Å². The molecule has 0 unspecified atom stereocenters. The number of amides is 1. The van der Waals surface area contributed by atoms with Crippen LogP contribution in [0.15, 0.2) is 36.7 Å². The van der Waals surface area contributed by atoms with E-state index in [0.29, 0.717) is 21.6 Å². The summed E-state index contributed by atoms with van der Waals surface area (Å²) in [5.41, 5.74) is 3.15. The smallest absolute Gasteiger partial charge is 0.282 e. The standard InChI is InChI=1S/C19H15ClF3N3O/c1-11-4-12(2-3-15(11)21)13-5-16-18(24-6-13)14(20)7-25(16)8-17(27)26-9-19(22,23)10-26/h2-7H,8-10H2,1H3. The molecule has 1 aromatic carbocycles. The molecule has 0 saturated carbocycles. The zero-order valence-corrected chi connectivity index (χ0v) is 15.1. The number of likely N-dealkylation sites (tertiary alicyclic amines) is 1. The molecule has 2 aromatic heterocycles. The summed E-state index contributed by atoms with van der Waals surface area (Å²) in [7, 11) is 0. The van der Waals surface area contributed by atoms with Crippen molar-refractivity contribution in [2.24, 2.45) is 0 Å². The van der Waals surface area contributed by atoms with Crippen molar-refractivity contribution in [3.63, 3.8) is 0 Å². The molecule has 4 rings (SSSR count). The van der Waals surface area contributed by atoms with Crippen molar-refractivity contribution in [2.45, 2.75) is 19.4 Å². The average molecular weight is 394 g/mol. The number of aryl methyl sites for hydroxylation is 1. The number of halogens is 4. The minimum atomic E-state index is -2.80. The fraction of sp³-hybridized carbons (Fsp3) is 0.263. The van der Waals surface area contributed by atoms with E-state index >= 15 is 0 Å². The predicted octanol–water partition coefficient (Wildman–Crippen LogP) is 4.28. The highest BCUT2D eigenvalue weighted by molar-refractivity contribution is 6.35. The van der Waals surface area contributed by atoms with Crippen LogP contribution < -0.4 is 0 Å². The van der Waals surface area contributed by atoms with Crippen molar-refractivity contribution in [3.05, 3.63) is 53.1 Å². The van der Waals surface area contributed by atoms with Gasteiger partial charge in [-0.15, -0.1) is 0 Å². The van der Waals surface area contributed by atoms with Crippen LogP contribution >= 0.6 is 11.6 Å². The Kier molecular flexibility index (Phi) is 4.14. The minimum absolute atomic E-state index is 0.104. The maximum Gasteiger partial charge on any atom is 0.282 e. The Morgan fingerprint density at radius 1 is 1.26 bits per heavy atom. The number of hydrogen-bond acceptors (Lipinski definition) is 2. The Labute approximate surface area is 158 Å². The van der Waals surface area contributed by atoms with Crippen LogP contribution in [0.4, 0.5) is 13.2 Å². The van der Waals surface area contributed by atoms with Gasteiger partial charge in [0.25, 0.3) is 5.92 Å². The average Bonchev–Trinajstić information content (AvgIpc) is 2.90. The zero-order chi connectivity index (χ0) is 19.3. The first-order valence-electron chi connectivity index (χ1n) is 8.30. The van der Waals surface area contributed by atoms with E-state index in [-0.39, 0.29) is 12.4 Å². The Hall–Kier alpha value is -2.54. The molecule has 4 nitrogen and oxygen atoms in total. The zero-order valence-electron chi connectivity index (χ0n) is 14.3. The van der Waals surface area contributed by atoms with E-state index < -0.39 is 24.9 Å². The van der Waals surface area contributed by atoms with Crippen LogP contribution in [-0.4, -0.2) is 39.4 Å². The first kappa shape index (κ1) is 17.9. The van der Waals surface area contributed by atoms with E-state index in [1.165, 1.54) is 6.07 Å². The van der Waals surface area contributed by atoms with E-state index in [4.69, 9.17) is 11.6 Å². The van der Waals surface area contributed by atoms with Gasteiger partial charge < -0.3 is 9.47 Å². The summed E-state index contributed by atoms with van der Waals surface area (Å²) in [6.45, 7) is 0.451. The van der Waals surface area contributed by atoms with Gasteiger partial charge in [-0.1, -0.05) is 17.7 Å². The van der Waals surface area contributed by atoms with E-state index in [9.17, 15) is 18.0 Å². The number of fused-ring (bicyclic) bond motifs is 1. The SMILES string of the molecule is Cc1cc(-c2cnc3c(Cl)cn(CC(=O)N4CC(F)(F)C4)c3c2)ccc1F. The molecule has 1 fully saturated rings. The Bertz CT molecular complexity index is 1060. The van der Waals surface area contributed by atoms with E-state index in [1.807, 2.05) is 0 Å². The van der Waals surface area contributed by atoms with Gasteiger partial charge in [-0.3, -0.25) is 9.78 Å². The fourth-order valence-electron chi connectivity index (χ4n) is 3.17. The molecule has 0 atom stereocenters. The van der Waals surface area contributed by atoms with Crippen molar-refractivity contribution in [1.29, 1.82) is 0 Å². The maximum atomic E-state index is 13.5. The molecule has 0 bridgehead atoms. The molecule has 0 aliphatic carbocycles. The monoisotopic (exact) mass is 393 g/mol. The topological polar surface area (TPSA) is 38.1 Å². The Morgan fingerprint density at radius 3 is 2.67 bits per heavy atom. The van der Waals surface area contributed by atoms with Gasteiger partial charge in [0.05, 0.1) is 23.6 Å². The lowest BCUT2D eigenvalue weighted by molar-refractivity contribution is -0.166. The van der Waals surface area contributed by atoms with E-state index in [1.54, 1.807) is 42.1 Å². The number of carbonyl (C=O) groups excluding carboxylic acids is 1. The number of pyridine rings is 1. The van der Waals surface area contributed by atoms with Crippen LogP contribution in [-0.2, 0) is 11.3 Å². The third kappa shape index (κ3) is 3.27. The van der Waals surface area contributed by atoms with Gasteiger partial charge in [-0.2, -0.15) is 0 Å². The summed E-state index contributed by atoms with van der Waals surface area (Å²) >= 11 is 6.20. The lowest BCUT2D eigenvalue weighted by Crippen LogP contribution is -2.59. The third-order valence-electron chi connectivity index (χ3n) is 4.67. The van der Waals surface area contributed by atoms with Gasteiger partial charge in [0.15, 0.2) is 0 Å². The molecule has 8 heteroatoms. The van der Waals surface area contributed by atoms with Crippen molar-refractivity contribution in [2.75, 3.05) is 13.1 Å². The van der Waals surface area contributed by atoms with Gasteiger partial charge in [0, 0.05) is 18.0 Å². The first-order valence-corrected chi connectivity index (χ1v) is 8.68. The van der Waals surface area contributed by atoms with Crippen LogP contribution in [0.2, 0.25) is 5.02 Å². The molecule has 27 heavy (non-hydrogen) atoms. The number of rotatable bonds is 3. The van der Waals surface area contributed by atoms with Crippen LogP contribution in [0.25, 0.3) is 22.2 Å². The second-order valence-corrected chi connectivity index (χ2v) is 7.17. The molecule has 3 aromatic rings. The summed E-state index contributed by atoms with van der Waals surface area (Å²) in [5.74, 6) is -3.50. The molecular weight excluding hydrogens is 379 g/mol. The Balaban J connectivity index is 1.67. The van der Waals surface area contributed by atoms with Crippen LogP contribution in [0.1, 0.15) is 5.56 Å². The Morgan fingerprint density at radius 2 is 2.00 bits per heavy atom. The predicted molar refractivity (Wildman–Crippen MR) is 96.4 cm³/mol. The molecule has 1 aliphatic heterocycles. The highest BCUT2D eigenvalue weighted by Crippen LogP contribution is 2.30. The molecule has 1 aliphatic rings. The minimum Gasteiger partial charge on any atom is -0.335 e. The van der Waals surface area contributed by atoms with Crippen LogP contribution in [0.5, 0.6) is 0 Å². The first-order chi connectivity index (χ1) is 12.7. The summed E-state index contributed by atoms with van der Waals surface area (Å²) < 4.78 is 41.1. The summed E-state index contributed by atoms with van der Waals surface area (Å²) in [5, 5.41) is 0.369. The molecule has 3 heterocycles. The summed E-state index contributed by atoms with van der Waals surface area (Å²) in [6, 6.07) is 6.54. The molecule has 1 amide bonds. The van der Waals surface area contributed by atoms with E-state index in [2.05, 4.69) is 4.98 Å². The van der Waals surface area contributed by atoms with Gasteiger partial charge >= 0.3 is 0 Å². The van der Waals surface area contributed by atoms with Gasteiger partial charge in [0.1, 0.15) is 17.9 Å². The number of benzene rings is 1. The van der Waals surface area contributed by atoms with E-state index in [0.717, 1.165) is 16.0 Å². The maximum absolute atomic E-state index is 13.5. The number of aromatic nitrogens is 2. The number of alkyl halides is 2. The normalized spacial score (nSPS) is 15.8. The molecular formula is C19H15ClF3N3O. The van der Waals surface area contributed by atoms with Crippen molar-refractivity contribution in [1.82, 2.24) is 14.5 Å². The van der Waals surface area contributed by atoms with Crippen molar-refractivity contribution < 1.29 is 18.0 Å². The van der Waals surface area contributed by atoms with Gasteiger partial charge in [-0.25, -0.2) is 13.2 Å². The second kappa shape index (κ2) is 6.27.